The zero-order chi connectivity index (χ0) is 14.7. The summed E-state index contributed by atoms with van der Waals surface area (Å²) in [5.74, 6) is 0.318. The number of aromatic nitrogens is 1. The molecule has 108 valence electrons. The number of likely N-dealkylation sites (N-methyl/N-ethyl adjacent to an activating group) is 1. The highest BCUT2D eigenvalue weighted by Gasteiger charge is 2.08. The molecule has 0 atom stereocenters. The van der Waals surface area contributed by atoms with Crippen LogP contribution in [-0.2, 0) is 6.42 Å². The SMILES string of the molecule is CCN(CCc1c[nH]c2ccc(O)cc12)c1ccccc1. The number of fused-ring (bicyclic) bond motifs is 1. The molecule has 3 heteroatoms. The van der Waals surface area contributed by atoms with Crippen molar-refractivity contribution in [3.8, 4) is 5.75 Å². The van der Waals surface area contributed by atoms with Gasteiger partial charge in [-0.2, -0.15) is 0 Å². The Morgan fingerprint density at radius 2 is 1.90 bits per heavy atom. The number of para-hydroxylation sites is 1. The minimum atomic E-state index is 0.318. The Kier molecular flexibility index (Phi) is 3.82. The van der Waals surface area contributed by atoms with Gasteiger partial charge in [0, 0.05) is 35.9 Å². The first-order valence-electron chi connectivity index (χ1n) is 7.37. The minimum absolute atomic E-state index is 0.318. The van der Waals surface area contributed by atoms with Gasteiger partial charge in [0.2, 0.25) is 0 Å². The Bertz CT molecular complexity index is 718. The van der Waals surface area contributed by atoms with E-state index in [-0.39, 0.29) is 0 Å². The number of nitrogens with zero attached hydrogens (tertiary/aromatic N) is 1. The zero-order valence-corrected chi connectivity index (χ0v) is 12.2. The number of benzene rings is 2. The first-order chi connectivity index (χ1) is 10.3. The van der Waals surface area contributed by atoms with Crippen molar-refractivity contribution in [3.05, 3.63) is 60.3 Å². The summed E-state index contributed by atoms with van der Waals surface area (Å²) in [6.45, 7) is 4.12. The normalized spacial score (nSPS) is 10.9. The summed E-state index contributed by atoms with van der Waals surface area (Å²) in [5.41, 5.74) is 3.57. The molecule has 0 bridgehead atoms. The smallest absolute Gasteiger partial charge is 0.116 e. The van der Waals surface area contributed by atoms with E-state index in [1.54, 1.807) is 6.07 Å². The average Bonchev–Trinajstić information content (AvgIpc) is 2.91. The number of phenolic OH excluding ortho intramolecular Hbond substituents is 1. The molecular formula is C18H20N2O. The van der Waals surface area contributed by atoms with E-state index in [0.29, 0.717) is 5.75 Å². The second-order valence-electron chi connectivity index (χ2n) is 5.21. The quantitative estimate of drug-likeness (QED) is 0.743. The number of nitrogens with one attached hydrogen (secondary N) is 1. The van der Waals surface area contributed by atoms with Gasteiger partial charge in [-0.15, -0.1) is 0 Å². The summed E-state index contributed by atoms with van der Waals surface area (Å²) in [4.78, 5) is 5.63. The van der Waals surface area contributed by atoms with Crippen molar-refractivity contribution in [3.63, 3.8) is 0 Å². The van der Waals surface area contributed by atoms with Crippen LogP contribution in [0.15, 0.2) is 54.7 Å². The molecule has 0 aliphatic heterocycles. The summed E-state index contributed by atoms with van der Waals surface area (Å²) in [5, 5.41) is 10.8. The van der Waals surface area contributed by atoms with Gasteiger partial charge in [0.1, 0.15) is 5.75 Å². The van der Waals surface area contributed by atoms with Crippen LogP contribution in [-0.4, -0.2) is 23.2 Å². The zero-order valence-electron chi connectivity index (χ0n) is 12.2. The molecule has 0 saturated heterocycles. The second-order valence-corrected chi connectivity index (χ2v) is 5.21. The molecule has 0 unspecified atom stereocenters. The van der Waals surface area contributed by atoms with Gasteiger partial charge < -0.3 is 15.0 Å². The van der Waals surface area contributed by atoms with Gasteiger partial charge in [-0.25, -0.2) is 0 Å². The third kappa shape index (κ3) is 2.87. The lowest BCUT2D eigenvalue weighted by molar-refractivity contribution is 0.476. The van der Waals surface area contributed by atoms with Gasteiger partial charge in [0.25, 0.3) is 0 Å². The van der Waals surface area contributed by atoms with Crippen LogP contribution >= 0.6 is 0 Å². The summed E-state index contributed by atoms with van der Waals surface area (Å²) in [6, 6.07) is 15.9. The maximum atomic E-state index is 9.65. The van der Waals surface area contributed by atoms with Crippen LogP contribution in [0.3, 0.4) is 0 Å². The first kappa shape index (κ1) is 13.6. The van der Waals surface area contributed by atoms with Crippen LogP contribution in [0.25, 0.3) is 10.9 Å². The largest absolute Gasteiger partial charge is 0.508 e. The van der Waals surface area contributed by atoms with Gasteiger partial charge in [-0.1, -0.05) is 18.2 Å². The maximum Gasteiger partial charge on any atom is 0.116 e. The highest BCUT2D eigenvalue weighted by Crippen LogP contribution is 2.24. The predicted molar refractivity (Wildman–Crippen MR) is 88.0 cm³/mol. The van der Waals surface area contributed by atoms with Crippen LogP contribution in [0, 0.1) is 0 Å². The van der Waals surface area contributed by atoms with E-state index in [4.69, 9.17) is 0 Å². The van der Waals surface area contributed by atoms with Gasteiger partial charge in [0.15, 0.2) is 0 Å². The topological polar surface area (TPSA) is 39.3 Å². The first-order valence-corrected chi connectivity index (χ1v) is 7.37. The third-order valence-corrected chi connectivity index (χ3v) is 3.91. The number of anilines is 1. The van der Waals surface area contributed by atoms with Crippen molar-refractivity contribution >= 4 is 16.6 Å². The molecule has 1 aromatic heterocycles. The van der Waals surface area contributed by atoms with E-state index in [0.717, 1.165) is 30.4 Å². The number of hydrogen-bond acceptors (Lipinski definition) is 2. The molecule has 2 aromatic carbocycles. The van der Waals surface area contributed by atoms with E-state index in [9.17, 15) is 5.11 Å². The number of aromatic amines is 1. The average molecular weight is 280 g/mol. The van der Waals surface area contributed by atoms with E-state index >= 15 is 0 Å². The highest BCUT2D eigenvalue weighted by molar-refractivity contribution is 5.84. The Balaban J connectivity index is 1.78. The molecule has 3 nitrogen and oxygen atoms in total. The fourth-order valence-electron chi connectivity index (χ4n) is 2.74. The van der Waals surface area contributed by atoms with Crippen LogP contribution in [0.5, 0.6) is 5.75 Å². The molecule has 0 aliphatic carbocycles. The number of phenols is 1. The lowest BCUT2D eigenvalue weighted by atomic mass is 10.1. The summed E-state index contributed by atoms with van der Waals surface area (Å²) in [6.07, 6.45) is 3.00. The number of H-pyrrole nitrogens is 1. The lowest BCUT2D eigenvalue weighted by Gasteiger charge is -2.22. The maximum absolute atomic E-state index is 9.65. The number of aromatic hydroxyl groups is 1. The van der Waals surface area contributed by atoms with E-state index in [1.165, 1.54) is 11.3 Å². The molecule has 0 aliphatic rings. The van der Waals surface area contributed by atoms with Crippen molar-refractivity contribution in [2.75, 3.05) is 18.0 Å². The Morgan fingerprint density at radius 1 is 1.10 bits per heavy atom. The molecule has 0 amide bonds. The molecule has 3 rings (SSSR count). The minimum Gasteiger partial charge on any atom is -0.508 e. The Morgan fingerprint density at radius 3 is 2.67 bits per heavy atom. The third-order valence-electron chi connectivity index (χ3n) is 3.91. The van der Waals surface area contributed by atoms with E-state index in [1.807, 2.05) is 24.4 Å². The molecule has 0 spiro atoms. The van der Waals surface area contributed by atoms with Gasteiger partial charge in [-0.3, -0.25) is 0 Å². The predicted octanol–water partition coefficient (Wildman–Crippen LogP) is 3.94. The standard InChI is InChI=1S/C18H20N2O/c1-2-20(15-6-4-3-5-7-15)11-10-14-13-19-18-9-8-16(21)12-17(14)18/h3-9,12-13,19,21H,2,10-11H2,1H3. The van der Waals surface area contributed by atoms with Crippen molar-refractivity contribution in [2.24, 2.45) is 0 Å². The lowest BCUT2D eigenvalue weighted by Crippen LogP contribution is -2.25. The molecule has 21 heavy (non-hydrogen) atoms. The molecule has 0 fully saturated rings. The number of hydrogen-bond donors (Lipinski definition) is 2. The van der Waals surface area contributed by atoms with Crippen molar-refractivity contribution < 1.29 is 5.11 Å². The van der Waals surface area contributed by atoms with Crippen LogP contribution in [0.4, 0.5) is 5.69 Å². The monoisotopic (exact) mass is 280 g/mol. The summed E-state index contributed by atoms with van der Waals surface area (Å²) in [7, 11) is 0. The molecule has 3 aromatic rings. The summed E-state index contributed by atoms with van der Waals surface area (Å²) >= 11 is 0. The van der Waals surface area contributed by atoms with E-state index < -0.39 is 0 Å². The van der Waals surface area contributed by atoms with E-state index in [2.05, 4.69) is 41.1 Å². The fraction of sp³-hybridized carbons (Fsp3) is 0.222. The molecule has 1 heterocycles. The van der Waals surface area contributed by atoms with Gasteiger partial charge >= 0.3 is 0 Å². The van der Waals surface area contributed by atoms with Crippen LogP contribution < -0.4 is 4.90 Å². The van der Waals surface area contributed by atoms with Crippen molar-refractivity contribution in [1.29, 1.82) is 0 Å². The van der Waals surface area contributed by atoms with Gasteiger partial charge in [-0.05, 0) is 49.2 Å². The molecular weight excluding hydrogens is 260 g/mol. The van der Waals surface area contributed by atoms with Crippen LogP contribution in [0.2, 0.25) is 0 Å². The number of rotatable bonds is 5. The molecule has 0 saturated carbocycles. The van der Waals surface area contributed by atoms with Crippen LogP contribution in [0.1, 0.15) is 12.5 Å². The molecule has 0 radical (unpaired) electrons. The van der Waals surface area contributed by atoms with Crippen molar-refractivity contribution in [2.45, 2.75) is 13.3 Å². The highest BCUT2D eigenvalue weighted by atomic mass is 16.3. The summed E-state index contributed by atoms with van der Waals surface area (Å²) < 4.78 is 0. The fourth-order valence-corrected chi connectivity index (χ4v) is 2.74. The van der Waals surface area contributed by atoms with Crippen molar-refractivity contribution in [1.82, 2.24) is 4.98 Å². The Hall–Kier alpha value is -2.42. The second kappa shape index (κ2) is 5.92. The molecule has 2 N–H and O–H groups in total. The Labute approximate surface area is 124 Å². The van der Waals surface area contributed by atoms with Gasteiger partial charge in [0.05, 0.1) is 0 Å².